The van der Waals surface area contributed by atoms with Crippen LogP contribution in [-0.4, -0.2) is 38.7 Å². The minimum Gasteiger partial charge on any atom is -0.481 e. The molecule has 0 amide bonds. The molecule has 7 heteroatoms. The van der Waals surface area contributed by atoms with Crippen LogP contribution in [0.5, 0.6) is 0 Å². The van der Waals surface area contributed by atoms with Gasteiger partial charge in [-0.2, -0.15) is 0 Å². The first-order valence-electron chi connectivity index (χ1n) is 8.45. The maximum atomic E-state index is 11.7. The molecule has 7 nitrogen and oxygen atoms in total. The van der Waals surface area contributed by atoms with E-state index in [9.17, 15) is 9.59 Å². The number of nitrogens with zero attached hydrogens (tertiary/aromatic N) is 2. The number of esters is 1. The van der Waals surface area contributed by atoms with Crippen molar-refractivity contribution < 1.29 is 19.4 Å². The Balaban J connectivity index is 1.81. The molecule has 0 saturated carbocycles. The van der Waals surface area contributed by atoms with Crippen LogP contribution in [0.4, 0.5) is 0 Å². The van der Waals surface area contributed by atoms with E-state index in [2.05, 4.69) is 9.97 Å². The third-order valence-corrected chi connectivity index (χ3v) is 4.51. The van der Waals surface area contributed by atoms with Crippen molar-refractivity contribution in [2.75, 3.05) is 7.11 Å². The molecule has 0 bridgehead atoms. The maximum Gasteiger partial charge on any atom is 0.337 e. The van der Waals surface area contributed by atoms with Gasteiger partial charge in [0.2, 0.25) is 0 Å². The van der Waals surface area contributed by atoms with Crippen molar-refractivity contribution >= 4 is 33.9 Å². The summed E-state index contributed by atoms with van der Waals surface area (Å²) in [7, 11) is 1.34. The highest BCUT2D eigenvalue weighted by molar-refractivity contribution is 5.97. The van der Waals surface area contributed by atoms with E-state index in [1.54, 1.807) is 18.2 Å². The Morgan fingerprint density at radius 1 is 1.22 bits per heavy atom. The first kappa shape index (κ1) is 16.8. The fourth-order valence-electron chi connectivity index (χ4n) is 3.22. The summed E-state index contributed by atoms with van der Waals surface area (Å²) in [4.78, 5) is 30.6. The quantitative estimate of drug-likeness (QED) is 0.529. The second-order valence-electron chi connectivity index (χ2n) is 6.21. The van der Waals surface area contributed by atoms with Crippen LogP contribution >= 0.6 is 0 Å². The number of rotatable bonds is 5. The van der Waals surface area contributed by atoms with E-state index in [4.69, 9.17) is 9.84 Å². The average molecular weight is 363 g/mol. The summed E-state index contributed by atoms with van der Waals surface area (Å²) in [6.45, 7) is 0.378. The summed E-state index contributed by atoms with van der Waals surface area (Å²) in [5.41, 5.74) is 3.75. The second kappa shape index (κ2) is 6.60. The van der Waals surface area contributed by atoms with Gasteiger partial charge in [-0.15, -0.1) is 0 Å². The van der Waals surface area contributed by atoms with Crippen LogP contribution in [0.15, 0.2) is 48.7 Å². The molecule has 0 aliphatic carbocycles. The summed E-state index contributed by atoms with van der Waals surface area (Å²) in [5, 5.41) is 9.97. The Bertz CT molecular complexity index is 1170. The van der Waals surface area contributed by atoms with Crippen molar-refractivity contribution in [3.8, 4) is 11.4 Å². The largest absolute Gasteiger partial charge is 0.481 e. The summed E-state index contributed by atoms with van der Waals surface area (Å²) in [6, 6.07) is 12.9. The third-order valence-electron chi connectivity index (χ3n) is 4.51. The van der Waals surface area contributed by atoms with Gasteiger partial charge in [0.1, 0.15) is 5.82 Å². The number of imidazole rings is 1. The lowest BCUT2D eigenvalue weighted by molar-refractivity contribution is -0.137. The van der Waals surface area contributed by atoms with E-state index in [-0.39, 0.29) is 6.42 Å². The van der Waals surface area contributed by atoms with Crippen LogP contribution < -0.4 is 0 Å². The van der Waals surface area contributed by atoms with Crippen LogP contribution in [0.25, 0.3) is 33.3 Å². The Kier molecular flexibility index (Phi) is 4.12. The van der Waals surface area contributed by atoms with Gasteiger partial charge >= 0.3 is 11.9 Å². The van der Waals surface area contributed by atoms with E-state index < -0.39 is 11.9 Å². The van der Waals surface area contributed by atoms with Crippen LogP contribution in [-0.2, 0) is 16.1 Å². The van der Waals surface area contributed by atoms with Crippen LogP contribution in [0.2, 0.25) is 0 Å². The zero-order chi connectivity index (χ0) is 19.0. The van der Waals surface area contributed by atoms with Gasteiger partial charge in [-0.25, -0.2) is 9.78 Å². The molecule has 0 aliphatic heterocycles. The summed E-state index contributed by atoms with van der Waals surface area (Å²) >= 11 is 0. The number of aliphatic carboxylic acids is 1. The van der Waals surface area contributed by atoms with Crippen molar-refractivity contribution in [1.82, 2.24) is 14.5 Å². The zero-order valence-electron chi connectivity index (χ0n) is 14.6. The molecule has 2 aromatic heterocycles. The first-order valence-corrected chi connectivity index (χ1v) is 8.45. The van der Waals surface area contributed by atoms with Gasteiger partial charge < -0.3 is 19.4 Å². The number of hydrogen-bond acceptors (Lipinski definition) is 4. The fourth-order valence-corrected chi connectivity index (χ4v) is 3.22. The first-order chi connectivity index (χ1) is 13.1. The van der Waals surface area contributed by atoms with E-state index in [1.165, 1.54) is 7.11 Å². The molecule has 0 fully saturated rings. The number of aryl methyl sites for hydroxylation is 1. The van der Waals surface area contributed by atoms with Gasteiger partial charge in [0.15, 0.2) is 0 Å². The second-order valence-corrected chi connectivity index (χ2v) is 6.21. The number of methoxy groups -OCH3 is 1. The van der Waals surface area contributed by atoms with E-state index in [0.717, 1.165) is 27.5 Å². The lowest BCUT2D eigenvalue weighted by Crippen LogP contribution is -2.03. The molecule has 0 atom stereocenters. The number of benzene rings is 2. The SMILES string of the molecule is COC(=O)c1ccc2nc(-c3cn(CCC(=O)O)c4ccccc34)[nH]c2c1. The van der Waals surface area contributed by atoms with Gasteiger partial charge in [-0.05, 0) is 24.3 Å². The van der Waals surface area contributed by atoms with Gasteiger partial charge in [0.25, 0.3) is 0 Å². The molecule has 0 saturated heterocycles. The lowest BCUT2D eigenvalue weighted by Gasteiger charge is -2.01. The molecule has 4 aromatic rings. The molecule has 136 valence electrons. The lowest BCUT2D eigenvalue weighted by atomic mass is 10.2. The fraction of sp³-hybridized carbons (Fsp3) is 0.150. The van der Waals surface area contributed by atoms with Crippen LogP contribution in [0, 0.1) is 0 Å². The van der Waals surface area contributed by atoms with Crippen LogP contribution in [0.3, 0.4) is 0 Å². The number of fused-ring (bicyclic) bond motifs is 2. The van der Waals surface area contributed by atoms with Crippen molar-refractivity contribution in [2.24, 2.45) is 0 Å². The number of nitrogens with one attached hydrogen (secondary N) is 1. The number of H-pyrrole nitrogens is 1. The Hall–Kier alpha value is -3.61. The summed E-state index contributed by atoms with van der Waals surface area (Å²) in [5.74, 6) is -0.580. The number of aromatic amines is 1. The van der Waals surface area contributed by atoms with E-state index in [1.807, 2.05) is 35.0 Å². The number of ether oxygens (including phenoxy) is 1. The van der Waals surface area contributed by atoms with E-state index >= 15 is 0 Å². The van der Waals surface area contributed by atoms with Crippen LogP contribution in [0.1, 0.15) is 16.8 Å². The number of para-hydroxylation sites is 1. The zero-order valence-corrected chi connectivity index (χ0v) is 14.6. The molecule has 0 radical (unpaired) electrons. The monoisotopic (exact) mass is 363 g/mol. The van der Waals surface area contributed by atoms with Crippen molar-refractivity contribution in [3.63, 3.8) is 0 Å². The minimum atomic E-state index is -0.839. The molecular formula is C20H17N3O4. The summed E-state index contributed by atoms with van der Waals surface area (Å²) in [6.07, 6.45) is 1.95. The molecule has 2 heterocycles. The van der Waals surface area contributed by atoms with Gasteiger partial charge in [0.05, 0.1) is 30.1 Å². The molecule has 2 N–H and O–H groups in total. The molecule has 4 rings (SSSR count). The molecular weight excluding hydrogens is 346 g/mol. The van der Waals surface area contributed by atoms with E-state index in [0.29, 0.717) is 17.9 Å². The number of aromatic nitrogens is 3. The van der Waals surface area contributed by atoms with Crippen molar-refractivity contribution in [1.29, 1.82) is 0 Å². The predicted molar refractivity (Wildman–Crippen MR) is 101 cm³/mol. The highest BCUT2D eigenvalue weighted by Crippen LogP contribution is 2.30. The molecule has 0 spiro atoms. The molecule has 0 unspecified atom stereocenters. The minimum absolute atomic E-state index is 0.0424. The maximum absolute atomic E-state index is 11.7. The smallest absolute Gasteiger partial charge is 0.337 e. The number of carbonyl (C=O) groups excluding carboxylic acids is 1. The third kappa shape index (κ3) is 3.03. The number of carboxylic acids is 1. The molecule has 27 heavy (non-hydrogen) atoms. The number of carbonyl (C=O) groups is 2. The van der Waals surface area contributed by atoms with Crippen molar-refractivity contribution in [2.45, 2.75) is 13.0 Å². The highest BCUT2D eigenvalue weighted by atomic mass is 16.5. The van der Waals surface area contributed by atoms with Gasteiger partial charge in [-0.3, -0.25) is 4.79 Å². The Morgan fingerprint density at radius 3 is 2.81 bits per heavy atom. The molecule has 0 aliphatic rings. The topological polar surface area (TPSA) is 97.2 Å². The highest BCUT2D eigenvalue weighted by Gasteiger charge is 2.15. The Morgan fingerprint density at radius 2 is 2.04 bits per heavy atom. The summed E-state index contributed by atoms with van der Waals surface area (Å²) < 4.78 is 6.68. The number of hydrogen-bond donors (Lipinski definition) is 2. The normalized spacial score (nSPS) is 11.1. The number of carboxylic acid groups (broad SMARTS) is 1. The predicted octanol–water partition coefficient (Wildman–Crippen LogP) is 3.45. The standard InChI is InChI=1S/C20H17N3O4/c1-27-20(26)12-6-7-15-16(10-12)22-19(21-15)14-11-23(9-8-18(24)25)17-5-3-2-4-13(14)17/h2-7,10-11H,8-9H2,1H3,(H,21,22)(H,24,25). The average Bonchev–Trinajstić information content (AvgIpc) is 3.26. The molecule has 2 aromatic carbocycles. The van der Waals surface area contributed by atoms with Gasteiger partial charge in [0, 0.05) is 29.2 Å². The van der Waals surface area contributed by atoms with Crippen molar-refractivity contribution in [3.05, 3.63) is 54.2 Å². The Labute approximate surface area is 154 Å². The van der Waals surface area contributed by atoms with Gasteiger partial charge in [-0.1, -0.05) is 18.2 Å².